The zero-order chi connectivity index (χ0) is 14.3. The average Bonchev–Trinajstić information content (AvgIpc) is 2.31. The molecule has 1 aromatic carbocycles. The van der Waals surface area contributed by atoms with Crippen LogP contribution in [-0.4, -0.2) is 18.1 Å². The van der Waals surface area contributed by atoms with Gasteiger partial charge in [-0.2, -0.15) is 0 Å². The normalized spacial score (nSPS) is 11.2. The highest BCUT2D eigenvalue weighted by atomic mass is 16.7. The number of hydroxylamine groups is 1. The quantitative estimate of drug-likeness (QED) is 0.635. The number of amides is 1. The lowest BCUT2D eigenvalue weighted by Crippen LogP contribution is -2.33. The van der Waals surface area contributed by atoms with Gasteiger partial charge in [-0.3, -0.25) is 9.63 Å². The van der Waals surface area contributed by atoms with Crippen LogP contribution in [0, 0.1) is 6.92 Å². The van der Waals surface area contributed by atoms with E-state index in [1.165, 1.54) is 0 Å². The van der Waals surface area contributed by atoms with Gasteiger partial charge in [0.05, 0.1) is 12.2 Å². The van der Waals surface area contributed by atoms with Crippen molar-refractivity contribution < 1.29 is 14.4 Å². The van der Waals surface area contributed by atoms with Crippen LogP contribution < -0.4 is 10.2 Å². The summed E-state index contributed by atoms with van der Waals surface area (Å²) in [7, 11) is 0. The average molecular weight is 265 g/mol. The highest BCUT2D eigenvalue weighted by Crippen LogP contribution is 2.12. The molecule has 1 rings (SSSR count). The summed E-state index contributed by atoms with van der Waals surface area (Å²) in [6, 6.07) is 7.86. The fourth-order valence-electron chi connectivity index (χ4n) is 1.39. The van der Waals surface area contributed by atoms with E-state index < -0.39 is 0 Å². The Labute approximate surface area is 115 Å². The molecule has 0 heterocycles. The monoisotopic (exact) mass is 265 g/mol. The van der Waals surface area contributed by atoms with Gasteiger partial charge in [0.2, 0.25) is 5.91 Å². The molecule has 0 aromatic heterocycles. The van der Waals surface area contributed by atoms with E-state index in [0.29, 0.717) is 19.4 Å². The van der Waals surface area contributed by atoms with Gasteiger partial charge < -0.3 is 4.74 Å². The van der Waals surface area contributed by atoms with E-state index in [0.717, 1.165) is 11.3 Å². The van der Waals surface area contributed by atoms with Gasteiger partial charge in [-0.15, -0.1) is 0 Å². The molecule has 0 aliphatic heterocycles. The summed E-state index contributed by atoms with van der Waals surface area (Å²) in [6.07, 6.45) is 1.05. The molecule has 4 nitrogen and oxygen atoms in total. The second kappa shape index (κ2) is 7.14. The fraction of sp³-hybridized carbons (Fsp3) is 0.533. The van der Waals surface area contributed by atoms with Crippen LogP contribution >= 0.6 is 0 Å². The molecule has 1 aromatic rings. The Morgan fingerprint density at radius 3 is 2.68 bits per heavy atom. The van der Waals surface area contributed by atoms with Crippen molar-refractivity contribution in [2.75, 3.05) is 6.61 Å². The molecule has 1 N–H and O–H groups in total. The van der Waals surface area contributed by atoms with Crippen molar-refractivity contribution in [3.63, 3.8) is 0 Å². The van der Waals surface area contributed by atoms with Crippen LogP contribution in [0.2, 0.25) is 0 Å². The number of carbonyl (C=O) groups excluding carboxylic acids is 1. The SMILES string of the molecule is Cc1cccc(OCCCC(=O)NOC(C)(C)C)c1. The summed E-state index contributed by atoms with van der Waals surface area (Å²) >= 11 is 0. The van der Waals surface area contributed by atoms with Gasteiger partial charge in [-0.05, 0) is 51.8 Å². The molecule has 4 heteroatoms. The Bertz CT molecular complexity index is 410. The molecule has 19 heavy (non-hydrogen) atoms. The predicted molar refractivity (Wildman–Crippen MR) is 74.9 cm³/mol. The number of nitrogens with one attached hydrogen (secondary N) is 1. The first kappa shape index (κ1) is 15.5. The lowest BCUT2D eigenvalue weighted by Gasteiger charge is -2.18. The molecule has 0 spiro atoms. The van der Waals surface area contributed by atoms with Crippen LogP contribution in [0.15, 0.2) is 24.3 Å². The molecule has 0 bridgehead atoms. The first-order valence-corrected chi connectivity index (χ1v) is 6.53. The molecule has 0 atom stereocenters. The number of benzene rings is 1. The first-order chi connectivity index (χ1) is 8.87. The maximum absolute atomic E-state index is 11.5. The molecule has 0 aliphatic carbocycles. The molecule has 0 aliphatic rings. The van der Waals surface area contributed by atoms with E-state index >= 15 is 0 Å². The summed E-state index contributed by atoms with van der Waals surface area (Å²) in [5.41, 5.74) is 3.23. The van der Waals surface area contributed by atoms with Gasteiger partial charge in [0.25, 0.3) is 0 Å². The third-order valence-electron chi connectivity index (χ3n) is 2.28. The molecule has 0 saturated carbocycles. The number of hydrogen-bond acceptors (Lipinski definition) is 3. The van der Waals surface area contributed by atoms with Crippen LogP contribution in [0.25, 0.3) is 0 Å². The molecule has 0 fully saturated rings. The van der Waals surface area contributed by atoms with Gasteiger partial charge >= 0.3 is 0 Å². The number of rotatable bonds is 6. The van der Waals surface area contributed by atoms with Gasteiger partial charge in [0, 0.05) is 6.42 Å². The molecule has 0 radical (unpaired) electrons. The Balaban J connectivity index is 2.15. The summed E-state index contributed by atoms with van der Waals surface area (Å²) in [5.74, 6) is 0.717. The van der Waals surface area contributed by atoms with Crippen LogP contribution in [0.5, 0.6) is 5.75 Å². The zero-order valence-corrected chi connectivity index (χ0v) is 12.2. The topological polar surface area (TPSA) is 47.6 Å². The third-order valence-corrected chi connectivity index (χ3v) is 2.28. The van der Waals surface area contributed by atoms with Gasteiger partial charge in [-0.25, -0.2) is 5.48 Å². The van der Waals surface area contributed by atoms with Crippen molar-refractivity contribution in [2.24, 2.45) is 0 Å². The molecule has 106 valence electrons. The van der Waals surface area contributed by atoms with Crippen molar-refractivity contribution in [2.45, 2.75) is 46.1 Å². The first-order valence-electron chi connectivity index (χ1n) is 6.53. The van der Waals surface area contributed by atoms with Crippen molar-refractivity contribution in [1.82, 2.24) is 5.48 Å². The van der Waals surface area contributed by atoms with Gasteiger partial charge in [0.1, 0.15) is 5.75 Å². The van der Waals surface area contributed by atoms with Crippen molar-refractivity contribution in [3.8, 4) is 5.75 Å². The Hall–Kier alpha value is -1.55. The minimum atomic E-state index is -0.367. The van der Waals surface area contributed by atoms with E-state index in [4.69, 9.17) is 9.57 Å². The van der Waals surface area contributed by atoms with Crippen LogP contribution in [-0.2, 0) is 9.63 Å². The summed E-state index contributed by atoms with van der Waals surface area (Å²) in [5, 5.41) is 0. The third kappa shape index (κ3) is 7.47. The Morgan fingerprint density at radius 1 is 1.32 bits per heavy atom. The van der Waals surface area contributed by atoms with Crippen molar-refractivity contribution in [3.05, 3.63) is 29.8 Å². The van der Waals surface area contributed by atoms with Crippen LogP contribution in [0.1, 0.15) is 39.2 Å². The number of aryl methyl sites for hydroxylation is 1. The summed E-state index contributed by atoms with van der Waals surface area (Å²) < 4.78 is 5.56. The molecular weight excluding hydrogens is 242 g/mol. The number of ether oxygens (including phenoxy) is 1. The maximum atomic E-state index is 11.5. The van der Waals surface area contributed by atoms with Crippen LogP contribution in [0.4, 0.5) is 0 Å². The number of carbonyl (C=O) groups is 1. The van der Waals surface area contributed by atoms with E-state index in [1.807, 2.05) is 52.0 Å². The van der Waals surface area contributed by atoms with Gasteiger partial charge in [-0.1, -0.05) is 12.1 Å². The standard InChI is InChI=1S/C15H23NO3/c1-12-7-5-8-13(11-12)18-10-6-9-14(17)16-19-15(2,3)4/h5,7-8,11H,6,9-10H2,1-4H3,(H,16,17). The second-order valence-electron chi connectivity index (χ2n) is 5.51. The van der Waals surface area contributed by atoms with E-state index in [9.17, 15) is 4.79 Å². The summed E-state index contributed by atoms with van der Waals surface area (Å²) in [4.78, 5) is 16.6. The Morgan fingerprint density at radius 2 is 2.05 bits per heavy atom. The predicted octanol–water partition coefficient (Wildman–Crippen LogP) is 3.00. The zero-order valence-electron chi connectivity index (χ0n) is 12.2. The van der Waals surface area contributed by atoms with E-state index in [2.05, 4.69) is 5.48 Å². The lowest BCUT2D eigenvalue weighted by molar-refractivity contribution is -0.145. The minimum Gasteiger partial charge on any atom is -0.494 e. The van der Waals surface area contributed by atoms with Crippen molar-refractivity contribution >= 4 is 5.91 Å². The van der Waals surface area contributed by atoms with Crippen LogP contribution in [0.3, 0.4) is 0 Å². The van der Waals surface area contributed by atoms with Crippen molar-refractivity contribution in [1.29, 1.82) is 0 Å². The minimum absolute atomic E-state index is 0.122. The van der Waals surface area contributed by atoms with E-state index in [-0.39, 0.29) is 11.5 Å². The lowest BCUT2D eigenvalue weighted by atomic mass is 10.2. The van der Waals surface area contributed by atoms with Gasteiger partial charge in [0.15, 0.2) is 0 Å². The number of hydrogen-bond donors (Lipinski definition) is 1. The molecule has 1 amide bonds. The largest absolute Gasteiger partial charge is 0.494 e. The second-order valence-corrected chi connectivity index (χ2v) is 5.51. The fourth-order valence-corrected chi connectivity index (χ4v) is 1.39. The highest BCUT2D eigenvalue weighted by Gasteiger charge is 2.12. The molecular formula is C15H23NO3. The smallest absolute Gasteiger partial charge is 0.243 e. The molecule has 0 saturated heterocycles. The van der Waals surface area contributed by atoms with E-state index in [1.54, 1.807) is 0 Å². The Kier molecular flexibility index (Phi) is 5.83. The maximum Gasteiger partial charge on any atom is 0.243 e. The molecule has 0 unspecified atom stereocenters. The highest BCUT2D eigenvalue weighted by molar-refractivity contribution is 5.74. The summed E-state index contributed by atoms with van der Waals surface area (Å²) in [6.45, 7) is 8.19.